The summed E-state index contributed by atoms with van der Waals surface area (Å²) in [6, 6.07) is 6.66. The van der Waals surface area contributed by atoms with Crippen LogP contribution in [0.15, 0.2) is 27.1 Å². The molecular formula is C15H20Br2N2O. The molecule has 20 heavy (non-hydrogen) atoms. The molecular weight excluding hydrogens is 384 g/mol. The highest BCUT2D eigenvalue weighted by molar-refractivity contribution is 9.11. The first kappa shape index (κ1) is 16.0. The number of nitrogens with zero attached hydrogens (tertiary/aromatic N) is 1. The fourth-order valence-corrected chi connectivity index (χ4v) is 3.55. The summed E-state index contributed by atoms with van der Waals surface area (Å²) in [4.78, 5) is 14.5. The Kier molecular flexibility index (Phi) is 5.64. The van der Waals surface area contributed by atoms with E-state index in [2.05, 4.69) is 37.2 Å². The molecule has 0 aliphatic heterocycles. The van der Waals surface area contributed by atoms with Crippen molar-refractivity contribution in [3.63, 3.8) is 0 Å². The molecule has 3 nitrogen and oxygen atoms in total. The van der Waals surface area contributed by atoms with Crippen LogP contribution >= 0.6 is 31.9 Å². The van der Waals surface area contributed by atoms with Crippen LogP contribution in [-0.2, 0) is 0 Å². The number of halogens is 2. The van der Waals surface area contributed by atoms with Gasteiger partial charge in [-0.25, -0.2) is 0 Å². The monoisotopic (exact) mass is 402 g/mol. The van der Waals surface area contributed by atoms with Gasteiger partial charge in [0.05, 0.1) is 5.56 Å². The predicted octanol–water partition coefficient (Wildman–Crippen LogP) is 3.81. The maximum atomic E-state index is 12.6. The van der Waals surface area contributed by atoms with Crippen LogP contribution in [0.4, 0.5) is 0 Å². The van der Waals surface area contributed by atoms with Crippen molar-refractivity contribution < 1.29 is 4.79 Å². The highest BCUT2D eigenvalue weighted by Gasteiger charge is 2.27. The third-order valence-electron chi connectivity index (χ3n) is 4.13. The second kappa shape index (κ2) is 7.05. The number of carbonyl (C=O) groups is 1. The van der Waals surface area contributed by atoms with E-state index in [1.807, 2.05) is 37.2 Å². The summed E-state index contributed by atoms with van der Waals surface area (Å²) in [6.07, 6.45) is 4.41. The summed E-state index contributed by atoms with van der Waals surface area (Å²) in [6.45, 7) is 0. The molecule has 0 aromatic heterocycles. The molecule has 1 aromatic carbocycles. The van der Waals surface area contributed by atoms with E-state index in [1.165, 1.54) is 0 Å². The summed E-state index contributed by atoms with van der Waals surface area (Å²) < 4.78 is 1.78. The topological polar surface area (TPSA) is 32.3 Å². The zero-order valence-corrected chi connectivity index (χ0v) is 15.0. The number of carbonyl (C=O) groups excluding carboxylic acids is 1. The molecule has 1 aliphatic carbocycles. The van der Waals surface area contributed by atoms with Gasteiger partial charge in [-0.1, -0.05) is 15.9 Å². The zero-order valence-electron chi connectivity index (χ0n) is 11.8. The van der Waals surface area contributed by atoms with E-state index in [4.69, 9.17) is 0 Å². The summed E-state index contributed by atoms with van der Waals surface area (Å²) in [5, 5.41) is 3.32. The van der Waals surface area contributed by atoms with Gasteiger partial charge in [0.15, 0.2) is 0 Å². The minimum atomic E-state index is 0.0890. The third-order valence-corrected chi connectivity index (χ3v) is 5.32. The van der Waals surface area contributed by atoms with E-state index < -0.39 is 0 Å². The number of hydrogen-bond donors (Lipinski definition) is 1. The van der Waals surface area contributed by atoms with Gasteiger partial charge in [0.1, 0.15) is 0 Å². The van der Waals surface area contributed by atoms with E-state index in [0.29, 0.717) is 12.1 Å². The molecule has 5 heteroatoms. The molecule has 0 heterocycles. The lowest BCUT2D eigenvalue weighted by atomic mass is 9.90. The van der Waals surface area contributed by atoms with Crippen molar-refractivity contribution in [2.24, 2.45) is 0 Å². The molecule has 0 spiro atoms. The fraction of sp³-hybridized carbons (Fsp3) is 0.533. The smallest absolute Gasteiger partial charge is 0.255 e. The van der Waals surface area contributed by atoms with Crippen molar-refractivity contribution in [3.05, 3.63) is 32.7 Å². The number of rotatable bonds is 3. The van der Waals surface area contributed by atoms with Crippen LogP contribution in [0.5, 0.6) is 0 Å². The molecule has 1 aromatic rings. The number of nitrogens with one attached hydrogen (secondary N) is 1. The van der Waals surface area contributed by atoms with Gasteiger partial charge in [0.25, 0.3) is 5.91 Å². The molecule has 0 atom stereocenters. The first-order chi connectivity index (χ1) is 9.52. The Bertz CT molecular complexity index is 485. The standard InChI is InChI=1S/C15H20Br2N2O/c1-18-11-4-6-12(7-5-11)19(2)15(20)13-9-10(16)3-8-14(13)17/h3,8-9,11-12,18H,4-7H2,1-2H3. The van der Waals surface area contributed by atoms with Crippen molar-refractivity contribution in [2.75, 3.05) is 14.1 Å². The molecule has 0 radical (unpaired) electrons. The molecule has 0 saturated heterocycles. The van der Waals surface area contributed by atoms with Crippen molar-refractivity contribution in [1.29, 1.82) is 0 Å². The minimum Gasteiger partial charge on any atom is -0.339 e. The van der Waals surface area contributed by atoms with E-state index in [9.17, 15) is 4.79 Å². The largest absolute Gasteiger partial charge is 0.339 e. The van der Waals surface area contributed by atoms with E-state index >= 15 is 0 Å². The maximum absolute atomic E-state index is 12.6. The first-order valence-electron chi connectivity index (χ1n) is 6.92. The summed E-state index contributed by atoms with van der Waals surface area (Å²) >= 11 is 6.89. The molecule has 1 amide bonds. The van der Waals surface area contributed by atoms with Crippen LogP contribution in [-0.4, -0.2) is 37.0 Å². The average Bonchev–Trinajstić information content (AvgIpc) is 2.48. The van der Waals surface area contributed by atoms with Gasteiger partial charge < -0.3 is 10.2 Å². The van der Waals surface area contributed by atoms with Gasteiger partial charge in [0, 0.05) is 28.1 Å². The predicted molar refractivity (Wildman–Crippen MR) is 89.0 cm³/mol. The Morgan fingerprint density at radius 2 is 1.90 bits per heavy atom. The molecule has 1 N–H and O–H groups in total. The number of amides is 1. The lowest BCUT2D eigenvalue weighted by Crippen LogP contribution is -2.42. The Balaban J connectivity index is 2.07. The quantitative estimate of drug-likeness (QED) is 0.831. The molecule has 1 saturated carbocycles. The summed E-state index contributed by atoms with van der Waals surface area (Å²) in [7, 11) is 3.93. The maximum Gasteiger partial charge on any atom is 0.255 e. The van der Waals surface area contributed by atoms with Crippen molar-refractivity contribution in [3.8, 4) is 0 Å². The Morgan fingerprint density at radius 3 is 2.50 bits per heavy atom. The molecule has 0 unspecified atom stereocenters. The third kappa shape index (κ3) is 3.62. The minimum absolute atomic E-state index is 0.0890. The van der Waals surface area contributed by atoms with Crippen molar-refractivity contribution in [1.82, 2.24) is 10.2 Å². The number of hydrogen-bond acceptors (Lipinski definition) is 2. The van der Waals surface area contributed by atoms with Gasteiger partial charge in [-0.05, 0) is 66.9 Å². The normalized spacial score (nSPS) is 22.6. The van der Waals surface area contributed by atoms with Gasteiger partial charge in [-0.3, -0.25) is 4.79 Å². The van der Waals surface area contributed by atoms with Crippen molar-refractivity contribution in [2.45, 2.75) is 37.8 Å². The van der Waals surface area contributed by atoms with Crippen LogP contribution in [0.1, 0.15) is 36.0 Å². The molecule has 0 bridgehead atoms. The molecule has 110 valence electrons. The lowest BCUT2D eigenvalue weighted by Gasteiger charge is -2.34. The Morgan fingerprint density at radius 1 is 1.25 bits per heavy atom. The van der Waals surface area contributed by atoms with Gasteiger partial charge in [-0.15, -0.1) is 0 Å². The second-order valence-electron chi connectivity index (χ2n) is 5.33. The zero-order chi connectivity index (χ0) is 14.7. The van der Waals surface area contributed by atoms with E-state index in [0.717, 1.165) is 40.2 Å². The number of benzene rings is 1. The van der Waals surface area contributed by atoms with Gasteiger partial charge in [0.2, 0.25) is 0 Å². The highest BCUT2D eigenvalue weighted by atomic mass is 79.9. The highest BCUT2D eigenvalue weighted by Crippen LogP contribution is 2.27. The van der Waals surface area contributed by atoms with Crippen LogP contribution in [0.3, 0.4) is 0 Å². The van der Waals surface area contributed by atoms with Crippen LogP contribution in [0.25, 0.3) is 0 Å². The average molecular weight is 404 g/mol. The van der Waals surface area contributed by atoms with Gasteiger partial charge in [-0.2, -0.15) is 0 Å². The van der Waals surface area contributed by atoms with E-state index in [-0.39, 0.29) is 5.91 Å². The lowest BCUT2D eigenvalue weighted by molar-refractivity contribution is 0.0684. The molecule has 2 rings (SSSR count). The Hall–Kier alpha value is -0.390. The second-order valence-corrected chi connectivity index (χ2v) is 7.10. The fourth-order valence-electron chi connectivity index (χ4n) is 2.77. The SMILES string of the molecule is CNC1CCC(N(C)C(=O)c2cc(Br)ccc2Br)CC1. The Labute approximate surface area is 137 Å². The van der Waals surface area contributed by atoms with Crippen molar-refractivity contribution >= 4 is 37.8 Å². The van der Waals surface area contributed by atoms with E-state index in [1.54, 1.807) is 0 Å². The molecule has 1 fully saturated rings. The first-order valence-corrected chi connectivity index (χ1v) is 8.51. The summed E-state index contributed by atoms with van der Waals surface area (Å²) in [5.74, 6) is 0.0890. The van der Waals surface area contributed by atoms with Crippen LogP contribution in [0.2, 0.25) is 0 Å². The van der Waals surface area contributed by atoms with Gasteiger partial charge >= 0.3 is 0 Å². The van der Waals surface area contributed by atoms with Crippen LogP contribution < -0.4 is 5.32 Å². The molecule has 1 aliphatic rings. The summed E-state index contributed by atoms with van der Waals surface area (Å²) in [5.41, 5.74) is 0.720. The van der Waals surface area contributed by atoms with Crippen LogP contribution in [0, 0.1) is 0 Å².